The topological polar surface area (TPSA) is 77.1 Å². The summed E-state index contributed by atoms with van der Waals surface area (Å²) in [7, 11) is 3.07. The van der Waals surface area contributed by atoms with Crippen molar-refractivity contribution in [3.8, 4) is 17.2 Å². The Morgan fingerprint density at radius 2 is 1.69 bits per heavy atom. The second-order valence-corrected chi connectivity index (χ2v) is 7.68. The van der Waals surface area contributed by atoms with Gasteiger partial charge >= 0.3 is 0 Å². The molecule has 0 saturated carbocycles. The molecule has 0 spiro atoms. The minimum atomic E-state index is -0.695. The van der Waals surface area contributed by atoms with Crippen LogP contribution in [0.25, 0.3) is 0 Å². The Hall–Kier alpha value is -2.93. The number of unbranched alkanes of at least 4 members (excludes halogenated alkanes) is 1. The Kier molecular flexibility index (Phi) is 10.1. The third-order valence-corrected chi connectivity index (χ3v) is 5.35. The molecule has 0 aromatic heterocycles. The maximum atomic E-state index is 13.1. The second-order valence-electron chi connectivity index (χ2n) is 7.27. The van der Waals surface area contributed by atoms with Crippen LogP contribution in [-0.4, -0.2) is 50.1 Å². The summed E-state index contributed by atoms with van der Waals surface area (Å²) in [5.41, 5.74) is 0.749. The quantitative estimate of drug-likeness (QED) is 0.481. The molecule has 1 atom stereocenters. The summed E-state index contributed by atoms with van der Waals surface area (Å²) in [6, 6.07) is 11.6. The summed E-state index contributed by atoms with van der Waals surface area (Å²) in [4.78, 5) is 27.3. The number of halogens is 1. The second kappa shape index (κ2) is 12.8. The van der Waals surface area contributed by atoms with E-state index in [1.807, 2.05) is 25.1 Å². The molecule has 1 N–H and O–H groups in total. The number of amides is 2. The van der Waals surface area contributed by atoms with Gasteiger partial charge in [-0.05, 0) is 25.0 Å². The first-order valence-electron chi connectivity index (χ1n) is 10.6. The van der Waals surface area contributed by atoms with Crippen LogP contribution in [0.5, 0.6) is 17.2 Å². The highest BCUT2D eigenvalue weighted by molar-refractivity contribution is 6.31. The molecule has 8 heteroatoms. The van der Waals surface area contributed by atoms with E-state index >= 15 is 0 Å². The molecular formula is C24H31ClN2O5. The third-order valence-electron chi connectivity index (χ3n) is 4.98. The van der Waals surface area contributed by atoms with Crippen molar-refractivity contribution in [3.05, 3.63) is 53.1 Å². The largest absolute Gasteiger partial charge is 0.496 e. The van der Waals surface area contributed by atoms with E-state index in [2.05, 4.69) is 5.32 Å². The lowest BCUT2D eigenvalue weighted by atomic mass is 10.1. The van der Waals surface area contributed by atoms with Gasteiger partial charge in [0.15, 0.2) is 6.61 Å². The first-order chi connectivity index (χ1) is 15.4. The molecule has 0 heterocycles. The molecule has 0 unspecified atom stereocenters. The van der Waals surface area contributed by atoms with E-state index in [1.54, 1.807) is 31.2 Å². The maximum Gasteiger partial charge on any atom is 0.261 e. The van der Waals surface area contributed by atoms with Gasteiger partial charge in [0, 0.05) is 36.3 Å². The molecule has 0 bridgehead atoms. The predicted octanol–water partition coefficient (Wildman–Crippen LogP) is 4.07. The minimum Gasteiger partial charge on any atom is -0.496 e. The first kappa shape index (κ1) is 25.3. The van der Waals surface area contributed by atoms with Gasteiger partial charge in [-0.15, -0.1) is 0 Å². The molecule has 0 saturated heterocycles. The van der Waals surface area contributed by atoms with E-state index in [0.717, 1.165) is 18.4 Å². The van der Waals surface area contributed by atoms with Crippen molar-refractivity contribution in [2.24, 2.45) is 0 Å². The van der Waals surface area contributed by atoms with Crippen LogP contribution in [0.2, 0.25) is 5.02 Å². The van der Waals surface area contributed by atoms with E-state index in [9.17, 15) is 9.59 Å². The molecule has 2 aromatic rings. The van der Waals surface area contributed by atoms with Crippen molar-refractivity contribution < 1.29 is 23.8 Å². The van der Waals surface area contributed by atoms with Crippen LogP contribution in [0.15, 0.2) is 42.5 Å². The molecule has 0 fully saturated rings. The van der Waals surface area contributed by atoms with Gasteiger partial charge in [0.05, 0.1) is 14.2 Å². The Morgan fingerprint density at radius 1 is 1.06 bits per heavy atom. The molecule has 0 radical (unpaired) electrons. The van der Waals surface area contributed by atoms with Crippen LogP contribution in [-0.2, 0) is 16.1 Å². The molecular weight excluding hydrogens is 432 g/mol. The summed E-state index contributed by atoms with van der Waals surface area (Å²) in [5.74, 6) is 0.950. The summed E-state index contributed by atoms with van der Waals surface area (Å²) in [5, 5.41) is 3.41. The van der Waals surface area contributed by atoms with Crippen molar-refractivity contribution in [2.45, 2.75) is 39.3 Å². The third kappa shape index (κ3) is 7.34. The van der Waals surface area contributed by atoms with Gasteiger partial charge in [0.25, 0.3) is 5.91 Å². The van der Waals surface area contributed by atoms with E-state index in [1.165, 1.54) is 19.1 Å². The average molecular weight is 463 g/mol. The number of nitrogens with zero attached hydrogens (tertiary/aromatic N) is 1. The zero-order valence-electron chi connectivity index (χ0n) is 19.0. The fourth-order valence-corrected chi connectivity index (χ4v) is 3.22. The van der Waals surface area contributed by atoms with E-state index in [0.29, 0.717) is 28.8 Å². The summed E-state index contributed by atoms with van der Waals surface area (Å²) < 4.78 is 16.2. The van der Waals surface area contributed by atoms with E-state index < -0.39 is 6.04 Å². The van der Waals surface area contributed by atoms with Crippen LogP contribution in [0.4, 0.5) is 0 Å². The highest BCUT2D eigenvalue weighted by atomic mass is 35.5. The van der Waals surface area contributed by atoms with Crippen molar-refractivity contribution >= 4 is 23.4 Å². The predicted molar refractivity (Wildman–Crippen MR) is 124 cm³/mol. The fraction of sp³-hybridized carbons (Fsp3) is 0.417. The lowest BCUT2D eigenvalue weighted by molar-refractivity contribution is -0.142. The average Bonchev–Trinajstić information content (AvgIpc) is 2.81. The van der Waals surface area contributed by atoms with Gasteiger partial charge in [-0.2, -0.15) is 0 Å². The van der Waals surface area contributed by atoms with Gasteiger partial charge in [0.2, 0.25) is 5.91 Å². The lowest BCUT2D eigenvalue weighted by Crippen LogP contribution is -2.49. The Balaban J connectivity index is 2.17. The number of hydrogen-bond acceptors (Lipinski definition) is 5. The number of rotatable bonds is 12. The van der Waals surface area contributed by atoms with Crippen molar-refractivity contribution in [1.29, 1.82) is 0 Å². The number of nitrogens with one attached hydrogen (secondary N) is 1. The number of hydrogen-bond donors (Lipinski definition) is 1. The Morgan fingerprint density at radius 3 is 2.28 bits per heavy atom. The number of benzene rings is 2. The monoisotopic (exact) mass is 462 g/mol. The highest BCUT2D eigenvalue weighted by Crippen LogP contribution is 2.27. The summed E-state index contributed by atoms with van der Waals surface area (Å²) in [6.07, 6.45) is 1.84. The number of carbonyl (C=O) groups excluding carboxylic acids is 2. The fourth-order valence-electron chi connectivity index (χ4n) is 3.02. The molecule has 2 aromatic carbocycles. The first-order valence-corrected chi connectivity index (χ1v) is 10.9. The smallest absolute Gasteiger partial charge is 0.261 e. The van der Waals surface area contributed by atoms with Crippen molar-refractivity contribution in [3.63, 3.8) is 0 Å². The molecule has 2 rings (SSSR count). The lowest BCUT2D eigenvalue weighted by Gasteiger charge is -2.29. The van der Waals surface area contributed by atoms with Gasteiger partial charge < -0.3 is 24.4 Å². The van der Waals surface area contributed by atoms with Gasteiger partial charge in [0.1, 0.15) is 23.3 Å². The maximum absolute atomic E-state index is 13.1. The highest BCUT2D eigenvalue weighted by Gasteiger charge is 2.27. The Labute approximate surface area is 194 Å². The van der Waals surface area contributed by atoms with Crippen molar-refractivity contribution in [2.75, 3.05) is 27.4 Å². The number of methoxy groups -OCH3 is 2. The van der Waals surface area contributed by atoms with Crippen LogP contribution in [0, 0.1) is 0 Å². The zero-order chi connectivity index (χ0) is 23.5. The molecule has 0 aliphatic heterocycles. The van der Waals surface area contributed by atoms with Gasteiger partial charge in [-0.3, -0.25) is 9.59 Å². The molecule has 2 amide bonds. The number of carbonyl (C=O) groups is 2. The minimum absolute atomic E-state index is 0.186. The molecule has 0 aliphatic carbocycles. The van der Waals surface area contributed by atoms with Gasteiger partial charge in [-0.1, -0.05) is 43.1 Å². The van der Waals surface area contributed by atoms with Crippen LogP contribution >= 0.6 is 11.6 Å². The molecule has 174 valence electrons. The summed E-state index contributed by atoms with van der Waals surface area (Å²) in [6.45, 7) is 4.24. The Bertz CT molecular complexity index is 883. The molecule has 7 nitrogen and oxygen atoms in total. The SMILES string of the molecule is CCCCNC(=O)[C@@H](C)N(Cc1ccccc1Cl)C(=O)COc1cc(OC)cc(OC)c1. The van der Waals surface area contributed by atoms with Gasteiger partial charge in [-0.25, -0.2) is 0 Å². The van der Waals surface area contributed by atoms with E-state index in [4.69, 9.17) is 25.8 Å². The molecule has 32 heavy (non-hydrogen) atoms. The summed E-state index contributed by atoms with van der Waals surface area (Å²) >= 11 is 6.30. The zero-order valence-corrected chi connectivity index (χ0v) is 19.8. The number of ether oxygens (including phenoxy) is 3. The van der Waals surface area contributed by atoms with Crippen LogP contribution in [0.3, 0.4) is 0 Å². The standard InChI is InChI=1S/C24H31ClN2O5/c1-5-6-11-26-24(29)17(2)27(15-18-9-7-8-10-22(18)25)23(28)16-32-21-13-19(30-3)12-20(14-21)31-4/h7-10,12-14,17H,5-6,11,15-16H2,1-4H3,(H,26,29)/t17-/m1/s1. The van der Waals surface area contributed by atoms with E-state index in [-0.39, 0.29) is 25.0 Å². The van der Waals surface area contributed by atoms with Crippen LogP contribution in [0.1, 0.15) is 32.3 Å². The molecule has 0 aliphatic rings. The van der Waals surface area contributed by atoms with Crippen molar-refractivity contribution in [1.82, 2.24) is 10.2 Å². The normalized spacial score (nSPS) is 11.4. The van der Waals surface area contributed by atoms with Crippen LogP contribution < -0.4 is 19.5 Å².